The number of anilines is 1. The number of nitrogens with zero attached hydrogens (tertiary/aromatic N) is 3. The van der Waals surface area contributed by atoms with E-state index in [0.29, 0.717) is 38.7 Å². The van der Waals surface area contributed by atoms with Gasteiger partial charge in [-0.2, -0.15) is 16.4 Å². The summed E-state index contributed by atoms with van der Waals surface area (Å²) in [5.74, 6) is 0.675. The van der Waals surface area contributed by atoms with Crippen LogP contribution in [0.15, 0.2) is 22.9 Å². The highest BCUT2D eigenvalue weighted by molar-refractivity contribution is 7.08. The van der Waals surface area contributed by atoms with E-state index in [4.69, 9.17) is 9.47 Å². The van der Waals surface area contributed by atoms with Gasteiger partial charge in [0, 0.05) is 37.2 Å². The smallest absolute Gasteiger partial charge is 0.323 e. The van der Waals surface area contributed by atoms with E-state index in [1.165, 1.54) is 0 Å². The molecule has 1 aliphatic heterocycles. The summed E-state index contributed by atoms with van der Waals surface area (Å²) in [6, 6.07) is 3.76. The molecular formula is C16H22N4O3S. The maximum atomic E-state index is 12.5. The molecule has 1 aliphatic rings. The molecule has 8 heteroatoms. The van der Waals surface area contributed by atoms with E-state index in [-0.39, 0.29) is 12.1 Å². The van der Waals surface area contributed by atoms with Crippen molar-refractivity contribution in [3.05, 3.63) is 22.9 Å². The summed E-state index contributed by atoms with van der Waals surface area (Å²) in [4.78, 5) is 14.3. The first kappa shape index (κ1) is 16.9. The van der Waals surface area contributed by atoms with Gasteiger partial charge in [0.15, 0.2) is 0 Å². The molecule has 130 valence electrons. The van der Waals surface area contributed by atoms with Crippen LogP contribution in [0.2, 0.25) is 0 Å². The number of aryl methyl sites for hydroxylation is 1. The molecule has 1 saturated heterocycles. The number of nitrogens with one attached hydrogen (secondary N) is 1. The molecule has 3 heterocycles. The standard InChI is InChI=1S/C16H22N4O3S/c1-3-22-10-13-9-20(5-6-23-13)16(21)17-15-8-14(18-19(15)2)12-4-7-24-11-12/h4,7-8,11,13H,3,5-6,9-10H2,1-2H3,(H,17,21). The van der Waals surface area contributed by atoms with Gasteiger partial charge in [-0.1, -0.05) is 0 Å². The monoisotopic (exact) mass is 350 g/mol. The molecule has 2 amide bonds. The van der Waals surface area contributed by atoms with Gasteiger partial charge in [-0.25, -0.2) is 4.79 Å². The molecule has 1 unspecified atom stereocenters. The fourth-order valence-corrected chi connectivity index (χ4v) is 3.23. The summed E-state index contributed by atoms with van der Waals surface area (Å²) in [6.45, 7) is 4.73. The zero-order valence-electron chi connectivity index (χ0n) is 13.9. The lowest BCUT2D eigenvalue weighted by Crippen LogP contribution is -2.48. The molecule has 1 atom stereocenters. The third kappa shape index (κ3) is 3.95. The average Bonchev–Trinajstić information content (AvgIpc) is 3.23. The predicted molar refractivity (Wildman–Crippen MR) is 93.3 cm³/mol. The summed E-state index contributed by atoms with van der Waals surface area (Å²) in [5.41, 5.74) is 1.91. The van der Waals surface area contributed by atoms with Crippen molar-refractivity contribution < 1.29 is 14.3 Å². The minimum Gasteiger partial charge on any atom is -0.379 e. The molecule has 0 aromatic carbocycles. The van der Waals surface area contributed by atoms with Crippen molar-refractivity contribution in [2.24, 2.45) is 7.05 Å². The fraction of sp³-hybridized carbons (Fsp3) is 0.500. The number of thiophene rings is 1. The van der Waals surface area contributed by atoms with Crippen LogP contribution in [0.5, 0.6) is 0 Å². The van der Waals surface area contributed by atoms with Crippen molar-refractivity contribution in [3.63, 3.8) is 0 Å². The Morgan fingerprint density at radius 2 is 2.46 bits per heavy atom. The van der Waals surface area contributed by atoms with Crippen LogP contribution in [0, 0.1) is 0 Å². The highest BCUT2D eigenvalue weighted by atomic mass is 32.1. The molecule has 0 saturated carbocycles. The van der Waals surface area contributed by atoms with E-state index >= 15 is 0 Å². The number of aromatic nitrogens is 2. The van der Waals surface area contributed by atoms with Crippen LogP contribution >= 0.6 is 11.3 Å². The van der Waals surface area contributed by atoms with Crippen LogP contribution in [0.3, 0.4) is 0 Å². The second-order valence-corrected chi connectivity index (χ2v) is 6.36. The molecule has 0 spiro atoms. The normalized spacial score (nSPS) is 17.9. The van der Waals surface area contributed by atoms with Crippen molar-refractivity contribution in [2.75, 3.05) is 38.2 Å². The van der Waals surface area contributed by atoms with Gasteiger partial charge >= 0.3 is 6.03 Å². The Labute approximate surface area is 145 Å². The number of rotatable bonds is 5. The van der Waals surface area contributed by atoms with Gasteiger partial charge in [-0.15, -0.1) is 0 Å². The van der Waals surface area contributed by atoms with E-state index < -0.39 is 0 Å². The number of carbonyl (C=O) groups excluding carboxylic acids is 1. The minimum atomic E-state index is -0.139. The highest BCUT2D eigenvalue weighted by Gasteiger charge is 2.25. The van der Waals surface area contributed by atoms with Crippen LogP contribution < -0.4 is 5.32 Å². The SMILES string of the molecule is CCOCC1CN(C(=O)Nc2cc(-c3ccsc3)nn2C)CCO1. The summed E-state index contributed by atoms with van der Waals surface area (Å²) in [6.07, 6.45) is -0.0719. The summed E-state index contributed by atoms with van der Waals surface area (Å²) in [7, 11) is 1.82. The molecule has 2 aromatic rings. The topological polar surface area (TPSA) is 68.6 Å². The largest absolute Gasteiger partial charge is 0.379 e. The molecule has 24 heavy (non-hydrogen) atoms. The van der Waals surface area contributed by atoms with E-state index in [9.17, 15) is 4.79 Å². The van der Waals surface area contributed by atoms with Crippen LogP contribution in [-0.2, 0) is 16.5 Å². The Bertz CT molecular complexity index is 671. The molecular weight excluding hydrogens is 328 g/mol. The van der Waals surface area contributed by atoms with Crippen molar-refractivity contribution in [1.29, 1.82) is 0 Å². The molecule has 1 fully saturated rings. The van der Waals surface area contributed by atoms with Crippen molar-refractivity contribution in [2.45, 2.75) is 13.0 Å². The Balaban J connectivity index is 1.62. The van der Waals surface area contributed by atoms with Gasteiger partial charge < -0.3 is 14.4 Å². The van der Waals surface area contributed by atoms with Crippen molar-refractivity contribution >= 4 is 23.2 Å². The van der Waals surface area contributed by atoms with Gasteiger partial charge in [0.2, 0.25) is 0 Å². The number of hydrogen-bond donors (Lipinski definition) is 1. The minimum absolute atomic E-state index is 0.0719. The van der Waals surface area contributed by atoms with Gasteiger partial charge in [-0.05, 0) is 18.4 Å². The lowest BCUT2D eigenvalue weighted by Gasteiger charge is -2.32. The van der Waals surface area contributed by atoms with E-state index in [1.807, 2.05) is 36.9 Å². The molecule has 7 nitrogen and oxygen atoms in total. The second kappa shape index (κ2) is 7.78. The van der Waals surface area contributed by atoms with E-state index in [1.54, 1.807) is 20.9 Å². The molecule has 3 rings (SSSR count). The molecule has 0 aliphatic carbocycles. The lowest BCUT2D eigenvalue weighted by molar-refractivity contribution is -0.0555. The van der Waals surface area contributed by atoms with Gasteiger partial charge in [0.1, 0.15) is 5.82 Å². The Morgan fingerprint density at radius 1 is 1.58 bits per heavy atom. The molecule has 1 N–H and O–H groups in total. The number of morpholine rings is 1. The predicted octanol–water partition coefficient (Wildman–Crippen LogP) is 2.42. The fourth-order valence-electron chi connectivity index (χ4n) is 2.58. The average molecular weight is 350 g/mol. The number of amides is 2. The van der Waals surface area contributed by atoms with Crippen LogP contribution in [-0.4, -0.2) is 59.7 Å². The summed E-state index contributed by atoms with van der Waals surface area (Å²) < 4.78 is 12.7. The second-order valence-electron chi connectivity index (χ2n) is 5.58. The first-order valence-electron chi connectivity index (χ1n) is 7.99. The third-order valence-electron chi connectivity index (χ3n) is 3.87. The van der Waals surface area contributed by atoms with Gasteiger partial charge in [0.25, 0.3) is 0 Å². The Kier molecular flexibility index (Phi) is 5.49. The third-order valence-corrected chi connectivity index (χ3v) is 4.55. The lowest BCUT2D eigenvalue weighted by atomic mass is 10.2. The summed E-state index contributed by atoms with van der Waals surface area (Å²) >= 11 is 1.62. The zero-order valence-corrected chi connectivity index (χ0v) is 14.7. The Morgan fingerprint density at radius 3 is 3.21 bits per heavy atom. The number of carbonyl (C=O) groups is 1. The number of urea groups is 1. The number of hydrogen-bond acceptors (Lipinski definition) is 5. The van der Waals surface area contributed by atoms with Gasteiger partial charge in [-0.3, -0.25) is 10.00 Å². The van der Waals surface area contributed by atoms with Crippen molar-refractivity contribution in [3.8, 4) is 11.3 Å². The first-order chi connectivity index (χ1) is 11.7. The van der Waals surface area contributed by atoms with Crippen LogP contribution in [0.25, 0.3) is 11.3 Å². The van der Waals surface area contributed by atoms with E-state index in [0.717, 1.165) is 11.3 Å². The first-order valence-corrected chi connectivity index (χ1v) is 8.93. The quantitative estimate of drug-likeness (QED) is 0.899. The zero-order chi connectivity index (χ0) is 16.9. The maximum Gasteiger partial charge on any atom is 0.323 e. The maximum absolute atomic E-state index is 12.5. The summed E-state index contributed by atoms with van der Waals surface area (Å²) in [5, 5.41) is 11.4. The van der Waals surface area contributed by atoms with E-state index in [2.05, 4.69) is 10.4 Å². The molecule has 0 radical (unpaired) electrons. The Hall–Kier alpha value is -1.90. The molecule has 2 aromatic heterocycles. The van der Waals surface area contributed by atoms with Crippen molar-refractivity contribution in [1.82, 2.24) is 14.7 Å². The van der Waals surface area contributed by atoms with Crippen LogP contribution in [0.1, 0.15) is 6.92 Å². The van der Waals surface area contributed by atoms with Crippen LogP contribution in [0.4, 0.5) is 10.6 Å². The molecule has 0 bridgehead atoms. The number of ether oxygens (including phenoxy) is 2. The van der Waals surface area contributed by atoms with Gasteiger partial charge in [0.05, 0.1) is 31.6 Å². The highest BCUT2D eigenvalue weighted by Crippen LogP contribution is 2.23.